The molecule has 0 amide bonds. The fourth-order valence-electron chi connectivity index (χ4n) is 1.64. The van der Waals surface area contributed by atoms with Crippen LogP contribution in [-0.2, 0) is 4.74 Å². The molecule has 2 saturated heterocycles. The van der Waals surface area contributed by atoms with Gasteiger partial charge in [0.15, 0.2) is 0 Å². The van der Waals surface area contributed by atoms with Gasteiger partial charge < -0.3 is 4.74 Å². The monoisotopic (exact) mass is 170 g/mol. The predicted octanol–water partition coefficient (Wildman–Crippen LogP) is 0.716. The van der Waals surface area contributed by atoms with E-state index >= 15 is 0 Å². The molecule has 0 aromatic heterocycles. The lowest BCUT2D eigenvalue weighted by Gasteiger charge is -2.53. The van der Waals surface area contributed by atoms with Gasteiger partial charge in [-0.1, -0.05) is 0 Å². The Kier molecular flexibility index (Phi) is 1.90. The summed E-state index contributed by atoms with van der Waals surface area (Å²) in [5, 5.41) is 0. The first-order valence-corrected chi connectivity index (χ1v) is 4.64. The Morgan fingerprint density at radius 1 is 1.17 bits per heavy atom. The first kappa shape index (κ1) is 8.48. The average molecular weight is 170 g/mol. The first-order chi connectivity index (χ1) is 5.57. The minimum Gasteiger partial charge on any atom is -0.351 e. The highest BCUT2D eigenvalue weighted by molar-refractivity contribution is 4.94. The molecule has 2 rings (SSSR count). The Morgan fingerprint density at radius 3 is 2.08 bits per heavy atom. The fourth-order valence-corrected chi connectivity index (χ4v) is 1.64. The highest BCUT2D eigenvalue weighted by atomic mass is 16.5. The van der Waals surface area contributed by atoms with Crippen molar-refractivity contribution < 1.29 is 4.74 Å². The van der Waals surface area contributed by atoms with Crippen LogP contribution in [0.3, 0.4) is 0 Å². The van der Waals surface area contributed by atoms with E-state index in [1.165, 1.54) is 13.1 Å². The Bertz CT molecular complexity index is 166. The average Bonchev–Trinajstić information content (AvgIpc) is 1.67. The maximum atomic E-state index is 5.12. The van der Waals surface area contributed by atoms with Crippen molar-refractivity contribution in [2.45, 2.75) is 32.4 Å². The maximum Gasteiger partial charge on any atom is 0.103 e. The van der Waals surface area contributed by atoms with Gasteiger partial charge in [0.1, 0.15) is 13.5 Å². The Morgan fingerprint density at radius 2 is 1.75 bits per heavy atom. The van der Waals surface area contributed by atoms with Gasteiger partial charge in [0, 0.05) is 24.7 Å². The molecule has 0 aromatic rings. The maximum absolute atomic E-state index is 5.12. The van der Waals surface area contributed by atoms with Crippen molar-refractivity contribution in [3.05, 3.63) is 0 Å². The molecule has 0 saturated carbocycles. The SMILES string of the molecule is CC(C)(C)N1CC(N2COC2)C1. The molecule has 0 N–H and O–H groups in total. The summed E-state index contributed by atoms with van der Waals surface area (Å²) in [7, 11) is 0. The van der Waals surface area contributed by atoms with E-state index in [1.807, 2.05) is 0 Å². The van der Waals surface area contributed by atoms with Crippen LogP contribution in [0.5, 0.6) is 0 Å². The van der Waals surface area contributed by atoms with Crippen LogP contribution < -0.4 is 0 Å². The Balaban J connectivity index is 1.76. The lowest BCUT2D eigenvalue weighted by Crippen LogP contribution is -2.67. The highest BCUT2D eigenvalue weighted by Crippen LogP contribution is 2.25. The molecule has 3 heteroatoms. The molecule has 2 aliphatic rings. The van der Waals surface area contributed by atoms with Crippen molar-refractivity contribution in [1.82, 2.24) is 9.80 Å². The molecule has 0 atom stereocenters. The van der Waals surface area contributed by atoms with Gasteiger partial charge >= 0.3 is 0 Å². The second-order valence-electron chi connectivity index (χ2n) is 4.78. The quantitative estimate of drug-likeness (QED) is 0.576. The predicted molar refractivity (Wildman–Crippen MR) is 47.8 cm³/mol. The van der Waals surface area contributed by atoms with Crippen LogP contribution in [0.4, 0.5) is 0 Å². The van der Waals surface area contributed by atoms with Crippen molar-refractivity contribution in [3.63, 3.8) is 0 Å². The van der Waals surface area contributed by atoms with Crippen LogP contribution in [0.1, 0.15) is 20.8 Å². The molecule has 2 fully saturated rings. The van der Waals surface area contributed by atoms with Gasteiger partial charge in [0.25, 0.3) is 0 Å². The molecule has 12 heavy (non-hydrogen) atoms. The van der Waals surface area contributed by atoms with Crippen LogP contribution in [0.2, 0.25) is 0 Å². The number of nitrogens with zero attached hydrogens (tertiary/aromatic N) is 2. The molecule has 2 heterocycles. The van der Waals surface area contributed by atoms with Crippen molar-refractivity contribution in [1.29, 1.82) is 0 Å². The largest absolute Gasteiger partial charge is 0.351 e. The van der Waals surface area contributed by atoms with Gasteiger partial charge in [-0.2, -0.15) is 0 Å². The molecule has 70 valence electrons. The number of rotatable bonds is 1. The van der Waals surface area contributed by atoms with Gasteiger partial charge in [-0.3, -0.25) is 9.80 Å². The summed E-state index contributed by atoms with van der Waals surface area (Å²) in [6.45, 7) is 11.0. The van der Waals surface area contributed by atoms with Crippen molar-refractivity contribution in [3.8, 4) is 0 Å². The molecule has 0 bridgehead atoms. The second-order valence-corrected chi connectivity index (χ2v) is 4.78. The van der Waals surface area contributed by atoms with Crippen molar-refractivity contribution in [2.75, 3.05) is 26.6 Å². The molecule has 0 aromatic carbocycles. The Hall–Kier alpha value is -0.120. The summed E-state index contributed by atoms with van der Waals surface area (Å²) < 4.78 is 5.12. The van der Waals surface area contributed by atoms with E-state index < -0.39 is 0 Å². The molecule has 0 aliphatic carbocycles. The van der Waals surface area contributed by atoms with E-state index in [-0.39, 0.29) is 0 Å². The fraction of sp³-hybridized carbons (Fsp3) is 1.00. The lowest BCUT2D eigenvalue weighted by atomic mass is 9.97. The Labute approximate surface area is 74.3 Å². The molecular weight excluding hydrogens is 152 g/mol. The van der Waals surface area contributed by atoms with Crippen LogP contribution in [0, 0.1) is 0 Å². The minimum absolute atomic E-state index is 0.349. The second kappa shape index (κ2) is 2.69. The molecule has 2 aliphatic heterocycles. The van der Waals surface area contributed by atoms with Gasteiger partial charge in [0.2, 0.25) is 0 Å². The van der Waals surface area contributed by atoms with E-state index in [0.29, 0.717) is 5.54 Å². The normalized spacial score (nSPS) is 28.2. The summed E-state index contributed by atoms with van der Waals surface area (Å²) in [4.78, 5) is 4.90. The molecular formula is C9H18N2O. The number of likely N-dealkylation sites (tertiary alicyclic amines) is 1. The van der Waals surface area contributed by atoms with Gasteiger partial charge in [-0.15, -0.1) is 0 Å². The number of ether oxygens (including phenoxy) is 1. The van der Waals surface area contributed by atoms with E-state index in [4.69, 9.17) is 4.74 Å². The van der Waals surface area contributed by atoms with Crippen LogP contribution in [0.15, 0.2) is 0 Å². The zero-order chi connectivity index (χ0) is 8.77. The zero-order valence-electron chi connectivity index (χ0n) is 8.21. The zero-order valence-corrected chi connectivity index (χ0v) is 8.21. The van der Waals surface area contributed by atoms with Crippen molar-refractivity contribution >= 4 is 0 Å². The van der Waals surface area contributed by atoms with Gasteiger partial charge in [0.05, 0.1) is 0 Å². The first-order valence-electron chi connectivity index (χ1n) is 4.64. The van der Waals surface area contributed by atoms with Gasteiger partial charge in [-0.25, -0.2) is 0 Å². The molecule has 0 radical (unpaired) electrons. The van der Waals surface area contributed by atoms with E-state index in [9.17, 15) is 0 Å². The summed E-state index contributed by atoms with van der Waals surface area (Å²) in [6, 6.07) is 0.762. The molecule has 3 nitrogen and oxygen atoms in total. The molecule has 0 unspecified atom stereocenters. The van der Waals surface area contributed by atoms with Crippen LogP contribution in [-0.4, -0.2) is 47.9 Å². The summed E-state index contributed by atoms with van der Waals surface area (Å²) in [5.41, 5.74) is 0.349. The van der Waals surface area contributed by atoms with Crippen LogP contribution >= 0.6 is 0 Å². The standard InChI is InChI=1S/C9H18N2O/c1-9(2,3)11-4-8(5-11)10-6-12-7-10/h8H,4-7H2,1-3H3. The van der Waals surface area contributed by atoms with Crippen molar-refractivity contribution in [2.24, 2.45) is 0 Å². The lowest BCUT2D eigenvalue weighted by molar-refractivity contribution is -0.195. The van der Waals surface area contributed by atoms with Crippen LogP contribution in [0.25, 0.3) is 0 Å². The minimum atomic E-state index is 0.349. The third-order valence-corrected chi connectivity index (χ3v) is 2.84. The summed E-state index contributed by atoms with van der Waals surface area (Å²) >= 11 is 0. The van der Waals surface area contributed by atoms with E-state index in [1.54, 1.807) is 0 Å². The number of hydrogen-bond acceptors (Lipinski definition) is 3. The van der Waals surface area contributed by atoms with E-state index in [2.05, 4.69) is 30.6 Å². The highest BCUT2D eigenvalue weighted by Gasteiger charge is 2.39. The number of hydrogen-bond donors (Lipinski definition) is 0. The summed E-state index contributed by atoms with van der Waals surface area (Å²) in [5.74, 6) is 0. The topological polar surface area (TPSA) is 15.7 Å². The smallest absolute Gasteiger partial charge is 0.103 e. The third kappa shape index (κ3) is 1.37. The molecule has 0 spiro atoms. The third-order valence-electron chi connectivity index (χ3n) is 2.84. The summed E-state index contributed by atoms with van der Waals surface area (Å²) in [6.07, 6.45) is 0. The van der Waals surface area contributed by atoms with E-state index in [0.717, 1.165) is 19.5 Å². The van der Waals surface area contributed by atoms with Gasteiger partial charge in [-0.05, 0) is 20.8 Å².